The number of nitrogens with one attached hydrogen (secondary N) is 2. The number of hydrogen-bond acceptors (Lipinski definition) is 10. The Bertz CT molecular complexity index is 1510. The van der Waals surface area contributed by atoms with E-state index >= 15 is 0 Å². The fraction of sp³-hybridized carbons (Fsp3) is 0.280. The van der Waals surface area contributed by atoms with E-state index < -0.39 is 6.09 Å². The van der Waals surface area contributed by atoms with E-state index in [4.69, 9.17) is 16.3 Å². The number of hydrogen-bond donors (Lipinski definition) is 3. The highest BCUT2D eigenvalue weighted by molar-refractivity contribution is 6.32. The van der Waals surface area contributed by atoms with Crippen LogP contribution in [0.1, 0.15) is 31.2 Å². The standard InChI is InChI=1S/C25H23ClN10O3/c1-39-24-30-11-16(12-31-24)14-6-7-28-20(8-14)36(25(37)38)18-4-2-17(3-5-18)33-23-29-10-15(9-27)21(34-23)22-19(26)13-32-35-22/h6-8,10-13,17-18H,2-5H2,1H3,(H,32,35)(H,37,38)(H,29,33,34). The minimum atomic E-state index is -1.07. The van der Waals surface area contributed by atoms with E-state index in [-0.39, 0.29) is 23.7 Å². The molecule has 0 saturated heterocycles. The summed E-state index contributed by atoms with van der Waals surface area (Å²) < 4.78 is 5.01. The molecule has 1 fully saturated rings. The number of methoxy groups -OCH3 is 1. The van der Waals surface area contributed by atoms with Gasteiger partial charge in [0.15, 0.2) is 0 Å². The summed E-state index contributed by atoms with van der Waals surface area (Å²) in [5.41, 5.74) is 2.53. The highest BCUT2D eigenvalue weighted by Crippen LogP contribution is 2.31. The number of rotatable bonds is 7. The van der Waals surface area contributed by atoms with Crippen LogP contribution in [0.3, 0.4) is 0 Å². The lowest BCUT2D eigenvalue weighted by molar-refractivity contribution is 0.195. The third-order valence-electron chi connectivity index (χ3n) is 6.48. The molecule has 1 aliphatic rings. The topological polar surface area (TPSA) is 179 Å². The predicted molar refractivity (Wildman–Crippen MR) is 141 cm³/mol. The molecule has 13 nitrogen and oxygen atoms in total. The number of nitriles is 1. The maximum absolute atomic E-state index is 12.3. The van der Waals surface area contributed by atoms with Crippen LogP contribution in [0.25, 0.3) is 22.5 Å². The van der Waals surface area contributed by atoms with E-state index in [1.54, 1.807) is 30.7 Å². The van der Waals surface area contributed by atoms with Crippen LogP contribution < -0.4 is 15.0 Å². The van der Waals surface area contributed by atoms with Crippen molar-refractivity contribution in [2.45, 2.75) is 37.8 Å². The van der Waals surface area contributed by atoms with Crippen LogP contribution in [-0.4, -0.2) is 65.5 Å². The largest absolute Gasteiger partial charge is 0.467 e. The lowest BCUT2D eigenvalue weighted by Gasteiger charge is -2.35. The zero-order valence-electron chi connectivity index (χ0n) is 20.7. The van der Waals surface area contributed by atoms with Gasteiger partial charge in [0, 0.05) is 36.2 Å². The molecule has 0 radical (unpaired) electrons. The van der Waals surface area contributed by atoms with E-state index in [0.29, 0.717) is 53.9 Å². The predicted octanol–water partition coefficient (Wildman–Crippen LogP) is 4.16. The summed E-state index contributed by atoms with van der Waals surface area (Å²) in [7, 11) is 1.49. The molecule has 0 atom stereocenters. The Morgan fingerprint density at radius 3 is 2.56 bits per heavy atom. The van der Waals surface area contributed by atoms with Crippen molar-refractivity contribution in [3.8, 4) is 34.6 Å². The zero-order chi connectivity index (χ0) is 27.4. The Balaban J connectivity index is 1.28. The summed E-state index contributed by atoms with van der Waals surface area (Å²) in [5, 5.41) is 29.8. The van der Waals surface area contributed by atoms with Gasteiger partial charge in [-0.1, -0.05) is 11.6 Å². The van der Waals surface area contributed by atoms with Crippen molar-refractivity contribution in [3.05, 3.63) is 53.7 Å². The molecule has 4 aromatic heterocycles. The molecule has 4 aromatic rings. The summed E-state index contributed by atoms with van der Waals surface area (Å²) in [6.07, 6.45) is 9.20. The van der Waals surface area contributed by atoms with Gasteiger partial charge in [0.1, 0.15) is 23.3 Å². The fourth-order valence-corrected chi connectivity index (χ4v) is 4.74. The monoisotopic (exact) mass is 546 g/mol. The molecule has 0 spiro atoms. The number of H-pyrrole nitrogens is 1. The second kappa shape index (κ2) is 11.3. The van der Waals surface area contributed by atoms with Crippen LogP contribution in [0.2, 0.25) is 5.02 Å². The minimum Gasteiger partial charge on any atom is -0.467 e. The van der Waals surface area contributed by atoms with Crippen molar-refractivity contribution < 1.29 is 14.6 Å². The molecule has 1 saturated carbocycles. The van der Waals surface area contributed by atoms with Crippen molar-refractivity contribution in [1.82, 2.24) is 35.1 Å². The quantitative estimate of drug-likeness (QED) is 0.303. The van der Waals surface area contributed by atoms with Crippen LogP contribution in [0.15, 0.2) is 43.1 Å². The normalized spacial score (nSPS) is 16.7. The molecule has 14 heteroatoms. The van der Waals surface area contributed by atoms with E-state index in [0.717, 1.165) is 11.1 Å². The van der Waals surface area contributed by atoms with Gasteiger partial charge in [-0.15, -0.1) is 0 Å². The molecular weight excluding hydrogens is 524 g/mol. The van der Waals surface area contributed by atoms with Crippen molar-refractivity contribution in [3.63, 3.8) is 0 Å². The molecule has 0 aromatic carbocycles. The summed E-state index contributed by atoms with van der Waals surface area (Å²) in [6.45, 7) is 0. The minimum absolute atomic E-state index is 0.0191. The molecule has 3 N–H and O–H groups in total. The first kappa shape index (κ1) is 25.8. The van der Waals surface area contributed by atoms with E-state index in [1.165, 1.54) is 24.4 Å². The van der Waals surface area contributed by atoms with E-state index in [2.05, 4.69) is 46.5 Å². The number of amides is 1. The summed E-state index contributed by atoms with van der Waals surface area (Å²) in [4.78, 5) is 35.0. The van der Waals surface area contributed by atoms with Gasteiger partial charge >= 0.3 is 12.1 Å². The Labute approximate surface area is 227 Å². The van der Waals surface area contributed by atoms with Crippen molar-refractivity contribution in [2.24, 2.45) is 0 Å². The summed E-state index contributed by atoms with van der Waals surface area (Å²) in [5.74, 6) is 0.688. The fourth-order valence-electron chi connectivity index (χ4n) is 4.56. The smallest absolute Gasteiger partial charge is 0.413 e. The zero-order valence-corrected chi connectivity index (χ0v) is 21.5. The van der Waals surface area contributed by atoms with E-state index in [9.17, 15) is 15.2 Å². The number of halogens is 1. The second-order valence-electron chi connectivity index (χ2n) is 8.82. The van der Waals surface area contributed by atoms with Gasteiger partial charge in [0.05, 0.1) is 30.1 Å². The van der Waals surface area contributed by atoms with Crippen LogP contribution in [0, 0.1) is 11.3 Å². The van der Waals surface area contributed by atoms with Crippen LogP contribution in [-0.2, 0) is 0 Å². The van der Waals surface area contributed by atoms with Gasteiger partial charge in [-0.3, -0.25) is 10.00 Å². The first-order valence-electron chi connectivity index (χ1n) is 12.0. The molecule has 4 heterocycles. The van der Waals surface area contributed by atoms with Gasteiger partial charge in [-0.25, -0.2) is 29.7 Å². The maximum Gasteiger partial charge on any atom is 0.413 e. The van der Waals surface area contributed by atoms with Gasteiger partial charge in [-0.2, -0.15) is 10.4 Å². The molecule has 5 rings (SSSR count). The SMILES string of the molecule is COc1ncc(-c2ccnc(N(C(=O)O)C3CCC(Nc4ncc(C#N)c(-c5[nH]ncc5Cl)n4)CC3)c2)cn1. The van der Waals surface area contributed by atoms with Gasteiger partial charge < -0.3 is 15.2 Å². The highest BCUT2D eigenvalue weighted by atomic mass is 35.5. The molecule has 0 unspecified atom stereocenters. The third kappa shape index (κ3) is 5.55. The number of nitrogens with zero attached hydrogens (tertiary/aromatic N) is 8. The van der Waals surface area contributed by atoms with Crippen molar-refractivity contribution in [1.29, 1.82) is 5.26 Å². The lowest BCUT2D eigenvalue weighted by atomic mass is 9.90. The van der Waals surface area contributed by atoms with Gasteiger partial charge in [0.25, 0.3) is 0 Å². The third-order valence-corrected chi connectivity index (χ3v) is 6.76. The van der Waals surface area contributed by atoms with Gasteiger partial charge in [0.2, 0.25) is 5.95 Å². The molecule has 1 amide bonds. The van der Waals surface area contributed by atoms with Crippen LogP contribution in [0.5, 0.6) is 6.01 Å². The first-order chi connectivity index (χ1) is 19.0. The average molecular weight is 547 g/mol. The number of aromatic nitrogens is 7. The number of pyridine rings is 1. The molecular formula is C25H23ClN10O3. The Morgan fingerprint density at radius 2 is 1.92 bits per heavy atom. The average Bonchev–Trinajstić information content (AvgIpc) is 3.39. The number of carboxylic acid groups (broad SMARTS) is 1. The molecule has 198 valence electrons. The Hall–Kier alpha value is -4.83. The van der Waals surface area contributed by atoms with Gasteiger partial charge in [-0.05, 0) is 43.4 Å². The van der Waals surface area contributed by atoms with Crippen LogP contribution >= 0.6 is 11.6 Å². The Morgan fingerprint density at radius 1 is 1.15 bits per heavy atom. The number of anilines is 2. The number of aromatic amines is 1. The Kier molecular flexibility index (Phi) is 7.46. The van der Waals surface area contributed by atoms with E-state index in [1.807, 2.05) is 0 Å². The maximum atomic E-state index is 12.3. The molecule has 1 aliphatic carbocycles. The number of carbonyl (C=O) groups is 1. The molecule has 0 aliphatic heterocycles. The highest BCUT2D eigenvalue weighted by Gasteiger charge is 2.31. The van der Waals surface area contributed by atoms with Crippen molar-refractivity contribution >= 4 is 29.5 Å². The lowest BCUT2D eigenvalue weighted by Crippen LogP contribution is -2.44. The first-order valence-corrected chi connectivity index (χ1v) is 12.4. The summed E-state index contributed by atoms with van der Waals surface area (Å²) >= 11 is 6.17. The second-order valence-corrected chi connectivity index (χ2v) is 9.23. The number of ether oxygens (including phenoxy) is 1. The molecule has 0 bridgehead atoms. The van der Waals surface area contributed by atoms with Crippen molar-refractivity contribution in [2.75, 3.05) is 17.3 Å². The molecule has 39 heavy (non-hydrogen) atoms. The summed E-state index contributed by atoms with van der Waals surface area (Å²) in [6, 6.07) is 5.58. The van der Waals surface area contributed by atoms with Crippen LogP contribution in [0.4, 0.5) is 16.6 Å².